The van der Waals surface area contributed by atoms with E-state index in [0.717, 1.165) is 12.1 Å². The van der Waals surface area contributed by atoms with Gasteiger partial charge in [-0.05, 0) is 22.9 Å². The van der Waals surface area contributed by atoms with Crippen LogP contribution in [0.4, 0.5) is 5.95 Å². The lowest BCUT2D eigenvalue weighted by atomic mass is 9.89. The van der Waals surface area contributed by atoms with E-state index in [0.29, 0.717) is 12.5 Å². The fourth-order valence-electron chi connectivity index (χ4n) is 1.20. The van der Waals surface area contributed by atoms with Gasteiger partial charge in [0.25, 0.3) is 0 Å². The van der Waals surface area contributed by atoms with Crippen molar-refractivity contribution < 1.29 is 0 Å². The minimum Gasteiger partial charge on any atom is -0.354 e. The van der Waals surface area contributed by atoms with Crippen molar-refractivity contribution in [2.75, 3.05) is 18.4 Å². The summed E-state index contributed by atoms with van der Waals surface area (Å²) in [7, 11) is 0. The highest BCUT2D eigenvalue weighted by molar-refractivity contribution is 5.27. The summed E-state index contributed by atoms with van der Waals surface area (Å²) >= 11 is 0. The molecule has 4 heteroatoms. The maximum atomic E-state index is 5.67. The third-order valence-electron chi connectivity index (χ3n) is 2.80. The fraction of sp³-hybridized carbons (Fsp3) is 0.692. The molecule has 0 radical (unpaired) electrons. The Balaban J connectivity index is 2.64. The quantitative estimate of drug-likeness (QED) is 0.841. The molecule has 0 aliphatic heterocycles. The molecule has 0 spiro atoms. The van der Waals surface area contributed by atoms with Gasteiger partial charge in [0.2, 0.25) is 5.95 Å². The number of hydrogen-bond acceptors (Lipinski definition) is 4. The summed E-state index contributed by atoms with van der Waals surface area (Å²) < 4.78 is 0. The van der Waals surface area contributed by atoms with Crippen molar-refractivity contribution in [3.05, 3.63) is 18.0 Å². The first-order valence-electron chi connectivity index (χ1n) is 6.01. The van der Waals surface area contributed by atoms with Crippen LogP contribution in [0.15, 0.2) is 12.4 Å². The number of aromatic nitrogens is 2. The molecule has 0 bridgehead atoms. The van der Waals surface area contributed by atoms with Crippen LogP contribution in [0, 0.1) is 5.41 Å². The number of hydrogen-bond donors (Lipinski definition) is 2. The highest BCUT2D eigenvalue weighted by atomic mass is 15.1. The molecule has 0 aliphatic carbocycles. The zero-order valence-electron chi connectivity index (χ0n) is 11.5. The second kappa shape index (κ2) is 5.00. The summed E-state index contributed by atoms with van der Waals surface area (Å²) in [4.78, 5) is 8.64. The molecule has 4 nitrogen and oxygen atoms in total. The Hall–Kier alpha value is -1.16. The molecule has 0 saturated carbocycles. The van der Waals surface area contributed by atoms with Crippen molar-refractivity contribution in [3.63, 3.8) is 0 Å². The molecular weight excluding hydrogens is 212 g/mol. The van der Waals surface area contributed by atoms with Gasteiger partial charge in [-0.15, -0.1) is 0 Å². The van der Waals surface area contributed by atoms with Gasteiger partial charge in [-0.3, -0.25) is 0 Å². The molecule has 1 rings (SSSR count). The molecule has 96 valence electrons. The lowest BCUT2D eigenvalue weighted by Gasteiger charge is -2.23. The van der Waals surface area contributed by atoms with E-state index < -0.39 is 0 Å². The van der Waals surface area contributed by atoms with Gasteiger partial charge in [0.1, 0.15) is 0 Å². The molecule has 1 heterocycles. The lowest BCUT2D eigenvalue weighted by molar-refractivity contribution is 0.404. The number of nitrogens with two attached hydrogens (primary N) is 1. The van der Waals surface area contributed by atoms with E-state index in [1.165, 1.54) is 0 Å². The minimum absolute atomic E-state index is 0.0616. The van der Waals surface area contributed by atoms with Gasteiger partial charge < -0.3 is 11.1 Å². The van der Waals surface area contributed by atoms with Gasteiger partial charge in [0, 0.05) is 18.9 Å². The van der Waals surface area contributed by atoms with Crippen LogP contribution in [0.5, 0.6) is 0 Å². The Morgan fingerprint density at radius 2 is 1.65 bits per heavy atom. The first-order valence-corrected chi connectivity index (χ1v) is 6.01. The summed E-state index contributed by atoms with van der Waals surface area (Å²) in [6.07, 6.45) is 3.76. The Morgan fingerprint density at radius 3 is 2.06 bits per heavy atom. The number of anilines is 1. The summed E-state index contributed by atoms with van der Waals surface area (Å²) in [5.41, 5.74) is 6.96. The van der Waals surface area contributed by atoms with Crippen LogP contribution < -0.4 is 11.1 Å². The van der Waals surface area contributed by atoms with Crippen molar-refractivity contribution in [2.45, 2.75) is 40.0 Å². The van der Waals surface area contributed by atoms with Crippen molar-refractivity contribution in [1.82, 2.24) is 9.97 Å². The van der Waals surface area contributed by atoms with Gasteiger partial charge in [-0.25, -0.2) is 9.97 Å². The van der Waals surface area contributed by atoms with Crippen molar-refractivity contribution in [2.24, 2.45) is 11.1 Å². The maximum absolute atomic E-state index is 5.67. The molecule has 0 atom stereocenters. The van der Waals surface area contributed by atoms with Crippen LogP contribution in [-0.2, 0) is 5.41 Å². The van der Waals surface area contributed by atoms with E-state index in [-0.39, 0.29) is 10.8 Å². The van der Waals surface area contributed by atoms with Crippen molar-refractivity contribution in [3.8, 4) is 0 Å². The van der Waals surface area contributed by atoms with Crippen LogP contribution in [0.25, 0.3) is 0 Å². The molecular formula is C13H24N4. The third-order valence-corrected chi connectivity index (χ3v) is 2.80. The van der Waals surface area contributed by atoms with Gasteiger partial charge in [0.15, 0.2) is 0 Å². The molecule has 1 aromatic rings. The Morgan fingerprint density at radius 1 is 1.12 bits per heavy atom. The maximum Gasteiger partial charge on any atom is 0.222 e. The van der Waals surface area contributed by atoms with Crippen LogP contribution in [-0.4, -0.2) is 23.1 Å². The second-order valence-electron chi connectivity index (χ2n) is 6.27. The van der Waals surface area contributed by atoms with Crippen molar-refractivity contribution >= 4 is 5.95 Å². The zero-order valence-corrected chi connectivity index (χ0v) is 11.5. The summed E-state index contributed by atoms with van der Waals surface area (Å²) in [5, 5.41) is 3.21. The van der Waals surface area contributed by atoms with E-state index in [2.05, 4.69) is 49.9 Å². The second-order valence-corrected chi connectivity index (χ2v) is 6.27. The van der Waals surface area contributed by atoms with Crippen LogP contribution >= 0.6 is 0 Å². The summed E-state index contributed by atoms with van der Waals surface area (Å²) in [6.45, 7) is 12.1. The number of nitrogens with zero attached hydrogens (tertiary/aromatic N) is 2. The van der Waals surface area contributed by atoms with Gasteiger partial charge in [-0.1, -0.05) is 34.6 Å². The number of rotatable bonds is 4. The highest BCUT2D eigenvalue weighted by Gasteiger charge is 2.17. The van der Waals surface area contributed by atoms with Gasteiger partial charge in [-0.2, -0.15) is 0 Å². The first-order chi connectivity index (χ1) is 7.74. The normalized spacial score (nSPS) is 12.6. The smallest absolute Gasteiger partial charge is 0.222 e. The zero-order chi connectivity index (χ0) is 13.1. The van der Waals surface area contributed by atoms with Gasteiger partial charge in [0.05, 0.1) is 0 Å². The summed E-state index contributed by atoms with van der Waals surface area (Å²) in [5.74, 6) is 0.666. The van der Waals surface area contributed by atoms with E-state index in [4.69, 9.17) is 5.73 Å². The van der Waals surface area contributed by atoms with Crippen LogP contribution in [0.2, 0.25) is 0 Å². The first kappa shape index (κ1) is 13.9. The lowest BCUT2D eigenvalue weighted by Crippen LogP contribution is -2.31. The fourth-order valence-corrected chi connectivity index (χ4v) is 1.20. The predicted molar refractivity (Wildman–Crippen MR) is 72.1 cm³/mol. The van der Waals surface area contributed by atoms with E-state index in [1.54, 1.807) is 0 Å². The largest absolute Gasteiger partial charge is 0.354 e. The summed E-state index contributed by atoms with van der Waals surface area (Å²) in [6, 6.07) is 0. The van der Waals surface area contributed by atoms with Crippen molar-refractivity contribution in [1.29, 1.82) is 0 Å². The predicted octanol–water partition coefficient (Wildman–Crippen LogP) is 2.17. The average molecular weight is 236 g/mol. The molecule has 17 heavy (non-hydrogen) atoms. The molecule has 3 N–H and O–H groups in total. The van der Waals surface area contributed by atoms with E-state index in [9.17, 15) is 0 Å². The Labute approximate surface area is 104 Å². The third kappa shape index (κ3) is 4.30. The number of nitrogens with one attached hydrogen (secondary N) is 1. The standard InChI is InChI=1S/C13H24N4/c1-12(2,3)10-6-15-11(16-7-10)17-9-13(4,5)8-14/h6-7H,8-9,14H2,1-5H3,(H,15,16,17). The average Bonchev–Trinajstić information content (AvgIpc) is 2.26. The highest BCUT2D eigenvalue weighted by Crippen LogP contribution is 2.21. The Bertz CT molecular complexity index is 349. The minimum atomic E-state index is 0.0616. The molecule has 0 amide bonds. The molecule has 1 aromatic heterocycles. The topological polar surface area (TPSA) is 63.8 Å². The van der Waals surface area contributed by atoms with E-state index in [1.807, 2.05) is 12.4 Å². The molecule has 0 unspecified atom stereocenters. The van der Waals surface area contributed by atoms with Crippen LogP contribution in [0.3, 0.4) is 0 Å². The van der Waals surface area contributed by atoms with Crippen LogP contribution in [0.1, 0.15) is 40.2 Å². The molecule has 0 saturated heterocycles. The Kier molecular flexibility index (Phi) is 4.09. The molecule has 0 fully saturated rings. The van der Waals surface area contributed by atoms with E-state index >= 15 is 0 Å². The molecule has 0 aromatic carbocycles. The molecule has 0 aliphatic rings. The van der Waals surface area contributed by atoms with Gasteiger partial charge >= 0.3 is 0 Å². The monoisotopic (exact) mass is 236 g/mol. The SMILES string of the molecule is CC(C)(CN)CNc1ncc(C(C)(C)C)cn1.